The van der Waals surface area contributed by atoms with E-state index in [9.17, 15) is 4.39 Å². The van der Waals surface area contributed by atoms with Gasteiger partial charge < -0.3 is 9.84 Å². The Morgan fingerprint density at radius 3 is 2.75 bits per heavy atom. The molecule has 2 rings (SSSR count). The number of halogens is 1. The van der Waals surface area contributed by atoms with Gasteiger partial charge >= 0.3 is 0 Å². The van der Waals surface area contributed by atoms with Crippen molar-refractivity contribution in [3.63, 3.8) is 0 Å². The molecular weight excluding hydrogens is 257 g/mol. The van der Waals surface area contributed by atoms with Crippen molar-refractivity contribution in [2.75, 3.05) is 26.8 Å². The Labute approximate surface area is 119 Å². The standard InChI is InChI=1S/C16H20FNO2/c1-20-15-6-8-18(9-7-15)12-14-5-4-13(3-2-10-19)11-16(14)17/h4-5,11,15,19H,6-10,12H2,1H3. The van der Waals surface area contributed by atoms with Gasteiger partial charge in [-0.05, 0) is 25.0 Å². The molecule has 1 heterocycles. The van der Waals surface area contributed by atoms with E-state index in [0.717, 1.165) is 25.9 Å². The number of hydrogen-bond donors (Lipinski definition) is 1. The summed E-state index contributed by atoms with van der Waals surface area (Å²) in [5.41, 5.74) is 1.29. The Bertz CT molecular complexity index is 499. The van der Waals surface area contributed by atoms with Crippen LogP contribution in [0.5, 0.6) is 0 Å². The molecule has 0 aromatic heterocycles. The lowest BCUT2D eigenvalue weighted by molar-refractivity contribution is 0.0386. The zero-order chi connectivity index (χ0) is 14.4. The SMILES string of the molecule is COC1CCN(Cc2ccc(C#CCO)cc2F)CC1. The van der Waals surface area contributed by atoms with Gasteiger partial charge in [-0.25, -0.2) is 4.39 Å². The topological polar surface area (TPSA) is 32.7 Å². The largest absolute Gasteiger partial charge is 0.384 e. The van der Waals surface area contributed by atoms with Crippen LogP contribution in [-0.4, -0.2) is 42.9 Å². The summed E-state index contributed by atoms with van der Waals surface area (Å²) in [5.74, 6) is 4.99. The van der Waals surface area contributed by atoms with Gasteiger partial charge in [-0.1, -0.05) is 17.9 Å². The lowest BCUT2D eigenvalue weighted by Gasteiger charge is -2.31. The molecule has 1 N–H and O–H groups in total. The third-order valence-corrected chi connectivity index (χ3v) is 3.63. The van der Waals surface area contributed by atoms with Crippen LogP contribution >= 0.6 is 0 Å². The van der Waals surface area contributed by atoms with Crippen molar-refractivity contribution in [3.8, 4) is 11.8 Å². The first-order valence-electron chi connectivity index (χ1n) is 6.86. The van der Waals surface area contributed by atoms with Crippen LogP contribution < -0.4 is 0 Å². The third-order valence-electron chi connectivity index (χ3n) is 3.63. The van der Waals surface area contributed by atoms with Crippen molar-refractivity contribution < 1.29 is 14.2 Å². The fourth-order valence-corrected chi connectivity index (χ4v) is 2.44. The molecule has 0 spiro atoms. The van der Waals surface area contributed by atoms with Crippen LogP contribution in [0.3, 0.4) is 0 Å². The number of nitrogens with zero attached hydrogens (tertiary/aromatic N) is 1. The van der Waals surface area contributed by atoms with Gasteiger partial charge in [0, 0.05) is 37.9 Å². The molecule has 0 radical (unpaired) electrons. The summed E-state index contributed by atoms with van der Waals surface area (Å²) in [5, 5.41) is 8.63. The molecule has 20 heavy (non-hydrogen) atoms. The number of aliphatic hydroxyl groups is 1. The van der Waals surface area contributed by atoms with Crippen molar-refractivity contribution in [1.29, 1.82) is 0 Å². The monoisotopic (exact) mass is 277 g/mol. The van der Waals surface area contributed by atoms with Crippen molar-refractivity contribution in [1.82, 2.24) is 4.90 Å². The average Bonchev–Trinajstić information content (AvgIpc) is 2.48. The van der Waals surface area contributed by atoms with Gasteiger partial charge in [0.1, 0.15) is 12.4 Å². The van der Waals surface area contributed by atoms with Crippen LogP contribution in [0, 0.1) is 17.7 Å². The highest BCUT2D eigenvalue weighted by Gasteiger charge is 2.19. The van der Waals surface area contributed by atoms with Crippen LogP contribution in [0.4, 0.5) is 4.39 Å². The van der Waals surface area contributed by atoms with Gasteiger partial charge in [0.2, 0.25) is 0 Å². The highest BCUT2D eigenvalue weighted by atomic mass is 19.1. The molecule has 108 valence electrons. The maximum absolute atomic E-state index is 14.0. The number of ether oxygens (including phenoxy) is 1. The molecule has 1 fully saturated rings. The Kier molecular flexibility index (Phi) is 5.54. The van der Waals surface area contributed by atoms with Crippen LogP contribution in [-0.2, 0) is 11.3 Å². The number of likely N-dealkylation sites (tertiary alicyclic amines) is 1. The smallest absolute Gasteiger partial charge is 0.128 e. The van der Waals surface area contributed by atoms with Gasteiger partial charge in [-0.3, -0.25) is 4.90 Å². The molecule has 0 saturated carbocycles. The maximum atomic E-state index is 14.0. The summed E-state index contributed by atoms with van der Waals surface area (Å²) >= 11 is 0. The Balaban J connectivity index is 1.96. The minimum Gasteiger partial charge on any atom is -0.384 e. The Hall–Kier alpha value is -1.41. The molecule has 0 bridgehead atoms. The molecular formula is C16H20FNO2. The predicted molar refractivity (Wildman–Crippen MR) is 75.7 cm³/mol. The molecule has 1 aliphatic heterocycles. The van der Waals surface area contributed by atoms with Crippen molar-refractivity contribution in [2.45, 2.75) is 25.5 Å². The second kappa shape index (κ2) is 7.39. The second-order valence-electron chi connectivity index (χ2n) is 4.98. The zero-order valence-electron chi connectivity index (χ0n) is 11.7. The zero-order valence-corrected chi connectivity index (χ0v) is 11.7. The quantitative estimate of drug-likeness (QED) is 0.855. The molecule has 0 unspecified atom stereocenters. The van der Waals surface area contributed by atoms with Gasteiger partial charge in [0.25, 0.3) is 0 Å². The number of benzene rings is 1. The fourth-order valence-electron chi connectivity index (χ4n) is 2.44. The highest BCUT2D eigenvalue weighted by Crippen LogP contribution is 2.18. The molecule has 0 atom stereocenters. The molecule has 4 heteroatoms. The minimum absolute atomic E-state index is 0.211. The number of aliphatic hydroxyl groups excluding tert-OH is 1. The molecule has 0 amide bonds. The summed E-state index contributed by atoms with van der Waals surface area (Å²) in [6.07, 6.45) is 2.34. The Morgan fingerprint density at radius 2 is 2.15 bits per heavy atom. The van der Waals surface area contributed by atoms with Crippen LogP contribution in [0.1, 0.15) is 24.0 Å². The third kappa shape index (κ3) is 4.04. The Morgan fingerprint density at radius 1 is 1.40 bits per heavy atom. The average molecular weight is 277 g/mol. The van der Waals surface area contributed by atoms with Crippen LogP contribution in [0.2, 0.25) is 0 Å². The molecule has 0 aliphatic carbocycles. The first-order chi connectivity index (χ1) is 9.72. The summed E-state index contributed by atoms with van der Waals surface area (Å²) in [4.78, 5) is 2.24. The summed E-state index contributed by atoms with van der Waals surface area (Å²) in [6, 6.07) is 5.00. The first kappa shape index (κ1) is 15.0. The number of rotatable bonds is 3. The normalized spacial score (nSPS) is 16.8. The van der Waals surface area contributed by atoms with Crippen LogP contribution in [0.25, 0.3) is 0 Å². The van der Waals surface area contributed by atoms with E-state index in [2.05, 4.69) is 16.7 Å². The van der Waals surface area contributed by atoms with E-state index in [-0.39, 0.29) is 12.4 Å². The van der Waals surface area contributed by atoms with Gasteiger partial charge in [0.15, 0.2) is 0 Å². The first-order valence-corrected chi connectivity index (χ1v) is 6.86. The molecule has 1 aromatic carbocycles. The molecule has 3 nitrogen and oxygen atoms in total. The van der Waals surface area contributed by atoms with Crippen LogP contribution in [0.15, 0.2) is 18.2 Å². The van der Waals surface area contributed by atoms with Gasteiger partial charge in [-0.2, -0.15) is 0 Å². The van der Waals surface area contributed by atoms with E-state index < -0.39 is 0 Å². The van der Waals surface area contributed by atoms with Crippen molar-refractivity contribution in [2.24, 2.45) is 0 Å². The summed E-state index contributed by atoms with van der Waals surface area (Å²) < 4.78 is 19.3. The van der Waals surface area contributed by atoms with E-state index in [1.165, 1.54) is 6.07 Å². The fraction of sp³-hybridized carbons (Fsp3) is 0.500. The summed E-state index contributed by atoms with van der Waals surface area (Å²) in [7, 11) is 1.74. The lowest BCUT2D eigenvalue weighted by Crippen LogP contribution is -2.36. The minimum atomic E-state index is -0.233. The highest BCUT2D eigenvalue weighted by molar-refractivity contribution is 5.37. The predicted octanol–water partition coefficient (Wildman–Crippen LogP) is 1.78. The number of piperidine rings is 1. The van der Waals surface area contributed by atoms with Gasteiger partial charge in [0.05, 0.1) is 6.10 Å². The summed E-state index contributed by atoms with van der Waals surface area (Å²) in [6.45, 7) is 2.28. The molecule has 1 aliphatic rings. The lowest BCUT2D eigenvalue weighted by atomic mass is 10.1. The van der Waals surface area contributed by atoms with Crippen molar-refractivity contribution in [3.05, 3.63) is 35.1 Å². The van der Waals surface area contributed by atoms with E-state index >= 15 is 0 Å². The maximum Gasteiger partial charge on any atom is 0.128 e. The van der Waals surface area contributed by atoms with E-state index in [1.54, 1.807) is 19.2 Å². The van der Waals surface area contributed by atoms with Crippen molar-refractivity contribution >= 4 is 0 Å². The van der Waals surface area contributed by atoms with E-state index in [4.69, 9.17) is 9.84 Å². The van der Waals surface area contributed by atoms with Gasteiger partial charge in [-0.15, -0.1) is 0 Å². The van der Waals surface area contributed by atoms with E-state index in [1.807, 2.05) is 0 Å². The number of methoxy groups -OCH3 is 1. The molecule has 1 saturated heterocycles. The van der Waals surface area contributed by atoms with E-state index in [0.29, 0.717) is 23.8 Å². The molecule has 1 aromatic rings. The number of hydrogen-bond acceptors (Lipinski definition) is 3. The second-order valence-corrected chi connectivity index (χ2v) is 4.98.